The van der Waals surface area contributed by atoms with Crippen LogP contribution in [-0.2, 0) is 4.74 Å². The van der Waals surface area contributed by atoms with Crippen molar-refractivity contribution in [3.8, 4) is 0 Å². The minimum atomic E-state index is -0.387. The van der Waals surface area contributed by atoms with E-state index in [1.54, 1.807) is 18.2 Å². The molecule has 126 valence electrons. The summed E-state index contributed by atoms with van der Waals surface area (Å²) in [5, 5.41) is 6.67. The number of anilines is 2. The zero-order chi connectivity index (χ0) is 16.9. The van der Waals surface area contributed by atoms with E-state index in [9.17, 15) is 4.79 Å². The molecule has 1 saturated heterocycles. The fourth-order valence-corrected chi connectivity index (χ4v) is 2.70. The number of aromatic nitrogens is 2. The van der Waals surface area contributed by atoms with Gasteiger partial charge in [0.25, 0.3) is 5.91 Å². The van der Waals surface area contributed by atoms with E-state index in [2.05, 4.69) is 20.6 Å². The summed E-state index contributed by atoms with van der Waals surface area (Å²) in [6.45, 7) is 1.40. The monoisotopic (exact) mass is 366 g/mol. The van der Waals surface area contributed by atoms with E-state index in [1.807, 2.05) is 0 Å². The van der Waals surface area contributed by atoms with Crippen LogP contribution >= 0.6 is 23.2 Å². The third-order valence-electron chi connectivity index (χ3n) is 3.58. The summed E-state index contributed by atoms with van der Waals surface area (Å²) in [6, 6.07) is 6.38. The molecule has 1 aromatic heterocycles. The molecule has 1 aromatic carbocycles. The van der Waals surface area contributed by atoms with Crippen LogP contribution in [0.2, 0.25) is 10.0 Å². The van der Waals surface area contributed by atoms with Crippen LogP contribution in [0.25, 0.3) is 0 Å². The average Bonchev–Trinajstić information content (AvgIpc) is 3.10. The first-order chi connectivity index (χ1) is 11.6. The summed E-state index contributed by atoms with van der Waals surface area (Å²) in [7, 11) is 0. The van der Waals surface area contributed by atoms with Crippen molar-refractivity contribution in [1.29, 1.82) is 0 Å². The molecule has 0 saturated carbocycles. The lowest BCUT2D eigenvalue weighted by molar-refractivity contribution is 0.102. The molecule has 24 heavy (non-hydrogen) atoms. The van der Waals surface area contributed by atoms with Crippen LogP contribution in [0.3, 0.4) is 0 Å². The van der Waals surface area contributed by atoms with Crippen molar-refractivity contribution < 1.29 is 9.53 Å². The highest BCUT2D eigenvalue weighted by atomic mass is 35.5. The van der Waals surface area contributed by atoms with Crippen LogP contribution in [-0.4, -0.2) is 35.1 Å². The predicted octanol–water partition coefficient (Wildman–Crippen LogP) is 3.63. The topological polar surface area (TPSA) is 76.1 Å². The Kier molecular flexibility index (Phi) is 5.50. The summed E-state index contributed by atoms with van der Waals surface area (Å²) < 4.78 is 5.53. The number of nitrogens with one attached hydrogen (secondary N) is 2. The average molecular weight is 367 g/mol. The van der Waals surface area contributed by atoms with Crippen molar-refractivity contribution in [2.45, 2.75) is 18.9 Å². The summed E-state index contributed by atoms with van der Waals surface area (Å²) in [5.74, 6) is -0.00271. The molecular formula is C16H16Cl2N4O2. The molecule has 8 heteroatoms. The van der Waals surface area contributed by atoms with Crippen LogP contribution < -0.4 is 10.6 Å². The Balaban J connectivity index is 1.66. The number of amides is 1. The number of halogens is 2. The van der Waals surface area contributed by atoms with E-state index < -0.39 is 0 Å². The number of benzene rings is 1. The number of hydrogen-bond donors (Lipinski definition) is 2. The van der Waals surface area contributed by atoms with Gasteiger partial charge < -0.3 is 15.4 Å². The van der Waals surface area contributed by atoms with Crippen molar-refractivity contribution >= 4 is 40.7 Å². The molecule has 2 aromatic rings. The van der Waals surface area contributed by atoms with Gasteiger partial charge >= 0.3 is 0 Å². The highest BCUT2D eigenvalue weighted by molar-refractivity contribution is 6.35. The van der Waals surface area contributed by atoms with Gasteiger partial charge in [-0.1, -0.05) is 23.2 Å². The number of hydrogen-bond acceptors (Lipinski definition) is 5. The second-order valence-corrected chi connectivity index (χ2v) is 6.20. The second kappa shape index (κ2) is 7.79. The quantitative estimate of drug-likeness (QED) is 0.844. The van der Waals surface area contributed by atoms with Gasteiger partial charge in [0.05, 0.1) is 16.8 Å². The fraction of sp³-hybridized carbons (Fsp3) is 0.312. The molecule has 0 spiro atoms. The van der Waals surface area contributed by atoms with E-state index in [0.717, 1.165) is 19.4 Å². The third-order valence-corrected chi connectivity index (χ3v) is 4.14. The maximum absolute atomic E-state index is 12.3. The molecule has 1 unspecified atom stereocenters. The van der Waals surface area contributed by atoms with E-state index in [-0.39, 0.29) is 17.7 Å². The summed E-state index contributed by atoms with van der Waals surface area (Å²) in [6.07, 6.45) is 3.77. The largest absolute Gasteiger partial charge is 0.376 e. The van der Waals surface area contributed by atoms with E-state index >= 15 is 0 Å². The smallest absolute Gasteiger partial charge is 0.274 e. The Morgan fingerprint density at radius 1 is 1.33 bits per heavy atom. The minimum absolute atomic E-state index is 0.163. The van der Waals surface area contributed by atoms with E-state index in [0.29, 0.717) is 28.2 Å². The Morgan fingerprint density at radius 2 is 2.21 bits per heavy atom. The van der Waals surface area contributed by atoms with Gasteiger partial charge in [-0.2, -0.15) is 0 Å². The van der Waals surface area contributed by atoms with Gasteiger partial charge in [-0.15, -0.1) is 0 Å². The lowest BCUT2D eigenvalue weighted by Crippen LogP contribution is -2.21. The number of ether oxygens (including phenoxy) is 1. The molecule has 1 aliphatic heterocycles. The molecule has 0 radical (unpaired) electrons. The predicted molar refractivity (Wildman–Crippen MR) is 93.9 cm³/mol. The molecule has 1 aliphatic rings. The van der Waals surface area contributed by atoms with Crippen molar-refractivity contribution in [1.82, 2.24) is 9.97 Å². The molecular weight excluding hydrogens is 351 g/mol. The molecule has 2 N–H and O–H groups in total. The summed E-state index contributed by atoms with van der Waals surface area (Å²) in [5.41, 5.74) is 0.664. The lowest BCUT2D eigenvalue weighted by atomic mass is 10.2. The molecule has 1 atom stereocenters. The zero-order valence-electron chi connectivity index (χ0n) is 12.8. The first-order valence-corrected chi connectivity index (χ1v) is 8.32. The highest BCUT2D eigenvalue weighted by Crippen LogP contribution is 2.25. The summed E-state index contributed by atoms with van der Waals surface area (Å²) >= 11 is 12.0. The summed E-state index contributed by atoms with van der Waals surface area (Å²) in [4.78, 5) is 20.7. The highest BCUT2D eigenvalue weighted by Gasteiger charge is 2.16. The van der Waals surface area contributed by atoms with E-state index in [1.165, 1.54) is 12.3 Å². The second-order valence-electron chi connectivity index (χ2n) is 5.36. The molecule has 6 nitrogen and oxygen atoms in total. The zero-order valence-corrected chi connectivity index (χ0v) is 14.3. The Hall–Kier alpha value is -1.89. The van der Waals surface area contributed by atoms with Gasteiger partial charge in [-0.25, -0.2) is 9.97 Å². The van der Waals surface area contributed by atoms with Gasteiger partial charge in [-0.05, 0) is 37.1 Å². The standard InChI is InChI=1S/C16H16Cl2N4O2/c17-10-3-4-12(18)14(8-10)21-15(23)13-5-6-19-16(22-13)20-9-11-2-1-7-24-11/h3-6,8,11H,1-2,7,9H2,(H,21,23)(H,19,20,22). The maximum Gasteiger partial charge on any atom is 0.274 e. The molecule has 1 amide bonds. The van der Waals surface area contributed by atoms with Crippen molar-refractivity contribution in [2.75, 3.05) is 23.8 Å². The van der Waals surface area contributed by atoms with Crippen molar-refractivity contribution in [2.24, 2.45) is 0 Å². The van der Waals surface area contributed by atoms with Gasteiger partial charge in [0.2, 0.25) is 5.95 Å². The molecule has 0 bridgehead atoms. The molecule has 2 heterocycles. The maximum atomic E-state index is 12.3. The number of carbonyl (C=O) groups excluding carboxylic acids is 1. The van der Waals surface area contributed by atoms with Gasteiger partial charge in [0.15, 0.2) is 0 Å². The third kappa shape index (κ3) is 4.35. The Bertz CT molecular complexity index is 736. The molecule has 1 fully saturated rings. The molecule has 0 aliphatic carbocycles. The normalized spacial score (nSPS) is 16.8. The van der Waals surface area contributed by atoms with Crippen LogP contribution in [0.15, 0.2) is 30.5 Å². The van der Waals surface area contributed by atoms with Crippen molar-refractivity contribution in [3.05, 3.63) is 46.2 Å². The first-order valence-electron chi connectivity index (χ1n) is 7.57. The lowest BCUT2D eigenvalue weighted by Gasteiger charge is -2.11. The Morgan fingerprint density at radius 3 is 3.00 bits per heavy atom. The van der Waals surface area contributed by atoms with Crippen LogP contribution in [0.5, 0.6) is 0 Å². The fourth-order valence-electron chi connectivity index (χ4n) is 2.36. The van der Waals surface area contributed by atoms with Crippen LogP contribution in [0.4, 0.5) is 11.6 Å². The SMILES string of the molecule is O=C(Nc1cc(Cl)ccc1Cl)c1ccnc(NCC2CCCO2)n1. The number of nitrogens with zero attached hydrogens (tertiary/aromatic N) is 2. The number of carbonyl (C=O) groups is 1. The van der Waals surface area contributed by atoms with Crippen LogP contribution in [0, 0.1) is 0 Å². The first kappa shape index (κ1) is 17.0. The van der Waals surface area contributed by atoms with Gasteiger partial charge in [-0.3, -0.25) is 4.79 Å². The minimum Gasteiger partial charge on any atom is -0.376 e. The van der Waals surface area contributed by atoms with E-state index in [4.69, 9.17) is 27.9 Å². The van der Waals surface area contributed by atoms with Gasteiger partial charge in [0, 0.05) is 24.4 Å². The molecule has 3 rings (SSSR count). The van der Waals surface area contributed by atoms with Crippen LogP contribution in [0.1, 0.15) is 23.3 Å². The Labute approximate surface area is 149 Å². The van der Waals surface area contributed by atoms with Crippen molar-refractivity contribution in [3.63, 3.8) is 0 Å². The van der Waals surface area contributed by atoms with Gasteiger partial charge in [0.1, 0.15) is 5.69 Å². The number of rotatable bonds is 5.